The SMILES string of the molecule is O=C1OCCC=C[C@H]2OC34C=CCN(Cc5ccccc5)C(=O)[C@H]3N(CCCCCCO)C(=O)[C@@H]4C12. The van der Waals surface area contributed by atoms with Crippen LogP contribution in [0.1, 0.15) is 37.7 Å². The zero-order valence-electron chi connectivity index (χ0n) is 20.5. The largest absolute Gasteiger partial charge is 0.465 e. The Hall–Kier alpha value is -2.97. The van der Waals surface area contributed by atoms with Gasteiger partial charge in [0, 0.05) is 26.2 Å². The van der Waals surface area contributed by atoms with E-state index in [2.05, 4.69) is 0 Å². The van der Waals surface area contributed by atoms with Gasteiger partial charge in [0.2, 0.25) is 11.8 Å². The van der Waals surface area contributed by atoms with Crippen molar-refractivity contribution in [3.63, 3.8) is 0 Å². The molecule has 0 bridgehead atoms. The molecule has 1 aromatic rings. The molecule has 1 spiro atoms. The number of unbranched alkanes of at least 4 members (excludes halogenated alkanes) is 3. The monoisotopic (exact) mass is 494 g/mol. The fourth-order valence-electron chi connectivity index (χ4n) is 6.09. The summed E-state index contributed by atoms with van der Waals surface area (Å²) in [5, 5.41) is 9.09. The summed E-state index contributed by atoms with van der Waals surface area (Å²) in [5.41, 5.74) is -0.208. The van der Waals surface area contributed by atoms with E-state index in [0.717, 1.165) is 18.4 Å². The van der Waals surface area contributed by atoms with E-state index >= 15 is 0 Å². The number of benzene rings is 1. The van der Waals surface area contributed by atoms with Crippen LogP contribution in [0.4, 0.5) is 0 Å². The van der Waals surface area contributed by atoms with Gasteiger partial charge in [-0.1, -0.05) is 67.5 Å². The Labute approximate surface area is 211 Å². The molecule has 5 atom stereocenters. The molecule has 0 aliphatic carbocycles. The standard InChI is InChI=1S/C28H34N2O6/c31-17-8-2-1-7-16-30-24-26(33)29(19-20-11-4-3-5-12-20)15-10-14-28(24)23(25(30)32)22-21(36-28)13-6-9-18-35-27(22)34/h3-6,10-14,21-24,31H,1-2,7-9,15-19H2/t21-,22?,23+,24-,28?/m1/s1. The van der Waals surface area contributed by atoms with Gasteiger partial charge in [0.25, 0.3) is 0 Å². The molecule has 2 amide bonds. The average molecular weight is 495 g/mol. The Morgan fingerprint density at radius 2 is 1.81 bits per heavy atom. The molecule has 1 aromatic carbocycles. The minimum Gasteiger partial charge on any atom is -0.465 e. The van der Waals surface area contributed by atoms with Gasteiger partial charge in [-0.25, -0.2) is 0 Å². The number of fused-ring (bicyclic) bond motifs is 2. The number of hydrogen-bond acceptors (Lipinski definition) is 6. The van der Waals surface area contributed by atoms with E-state index in [0.29, 0.717) is 38.9 Å². The highest BCUT2D eigenvalue weighted by molar-refractivity contribution is 5.99. The van der Waals surface area contributed by atoms with Crippen LogP contribution < -0.4 is 0 Å². The van der Waals surface area contributed by atoms with Crippen LogP contribution in [0.15, 0.2) is 54.6 Å². The maximum Gasteiger partial charge on any atom is 0.312 e. The molecule has 0 aromatic heterocycles. The summed E-state index contributed by atoms with van der Waals surface area (Å²) in [6.07, 6.45) is 10.6. The number of esters is 1. The van der Waals surface area contributed by atoms with Crippen molar-refractivity contribution in [3.8, 4) is 0 Å². The van der Waals surface area contributed by atoms with Crippen molar-refractivity contribution in [2.24, 2.45) is 11.8 Å². The molecule has 36 heavy (non-hydrogen) atoms. The second-order valence-electron chi connectivity index (χ2n) is 10.0. The van der Waals surface area contributed by atoms with Crippen LogP contribution in [-0.2, 0) is 30.4 Å². The summed E-state index contributed by atoms with van der Waals surface area (Å²) in [4.78, 5) is 44.6. The molecule has 8 heteroatoms. The number of carbonyl (C=O) groups is 3. The Morgan fingerprint density at radius 3 is 2.61 bits per heavy atom. The molecule has 8 nitrogen and oxygen atoms in total. The van der Waals surface area contributed by atoms with Crippen molar-refractivity contribution in [2.75, 3.05) is 26.3 Å². The van der Waals surface area contributed by atoms with Crippen LogP contribution in [0.3, 0.4) is 0 Å². The molecule has 2 saturated heterocycles. The van der Waals surface area contributed by atoms with Gasteiger partial charge in [-0.2, -0.15) is 0 Å². The molecule has 1 N–H and O–H groups in total. The lowest BCUT2D eigenvalue weighted by Gasteiger charge is -2.35. The summed E-state index contributed by atoms with van der Waals surface area (Å²) in [7, 11) is 0. The van der Waals surface area contributed by atoms with Crippen LogP contribution in [0.5, 0.6) is 0 Å². The van der Waals surface area contributed by atoms with E-state index in [9.17, 15) is 14.4 Å². The van der Waals surface area contributed by atoms with Crippen LogP contribution >= 0.6 is 0 Å². The van der Waals surface area contributed by atoms with E-state index in [1.165, 1.54) is 0 Å². The van der Waals surface area contributed by atoms with E-state index in [-0.39, 0.29) is 25.0 Å². The van der Waals surface area contributed by atoms with Gasteiger partial charge in [0.1, 0.15) is 17.6 Å². The van der Waals surface area contributed by atoms with E-state index in [4.69, 9.17) is 14.6 Å². The Bertz CT molecular complexity index is 1040. The summed E-state index contributed by atoms with van der Waals surface area (Å²) in [6.45, 7) is 1.63. The van der Waals surface area contributed by atoms with Crippen molar-refractivity contribution >= 4 is 17.8 Å². The molecule has 4 aliphatic heterocycles. The van der Waals surface area contributed by atoms with Gasteiger partial charge in [-0.05, 0) is 24.8 Å². The molecule has 192 valence electrons. The van der Waals surface area contributed by atoms with E-state index in [1.54, 1.807) is 9.80 Å². The third-order valence-electron chi connectivity index (χ3n) is 7.73. The lowest BCUT2D eigenvalue weighted by molar-refractivity contribution is -0.155. The van der Waals surface area contributed by atoms with Crippen molar-refractivity contribution in [2.45, 2.75) is 56.4 Å². The summed E-state index contributed by atoms with van der Waals surface area (Å²) in [6, 6.07) is 8.94. The lowest BCUT2D eigenvalue weighted by atomic mass is 9.77. The Morgan fingerprint density at radius 1 is 1.00 bits per heavy atom. The fraction of sp³-hybridized carbons (Fsp3) is 0.536. The van der Waals surface area contributed by atoms with Crippen LogP contribution in [0.25, 0.3) is 0 Å². The maximum atomic E-state index is 14.1. The zero-order valence-corrected chi connectivity index (χ0v) is 20.5. The topological polar surface area (TPSA) is 96.4 Å². The number of hydrogen-bond donors (Lipinski definition) is 1. The number of ether oxygens (including phenoxy) is 2. The van der Waals surface area contributed by atoms with Crippen LogP contribution in [0.2, 0.25) is 0 Å². The van der Waals surface area contributed by atoms with Crippen LogP contribution in [-0.4, -0.2) is 76.7 Å². The van der Waals surface area contributed by atoms with Gasteiger partial charge in [-0.15, -0.1) is 0 Å². The second kappa shape index (κ2) is 10.6. The average Bonchev–Trinajstić information content (AvgIpc) is 3.25. The third kappa shape index (κ3) is 4.37. The number of carbonyl (C=O) groups excluding carboxylic acids is 3. The molecule has 4 aliphatic rings. The molecule has 5 rings (SSSR count). The number of cyclic esters (lactones) is 1. The summed E-state index contributed by atoms with van der Waals surface area (Å²) in [5.74, 6) is -2.41. The summed E-state index contributed by atoms with van der Waals surface area (Å²) >= 11 is 0. The van der Waals surface area contributed by atoms with Gasteiger partial charge in [0.15, 0.2) is 0 Å². The first-order chi connectivity index (χ1) is 17.6. The Kier molecular flexibility index (Phi) is 7.25. The highest BCUT2D eigenvalue weighted by Gasteiger charge is 2.71. The first kappa shape index (κ1) is 24.7. The van der Waals surface area contributed by atoms with Crippen molar-refractivity contribution < 1.29 is 29.0 Å². The second-order valence-corrected chi connectivity index (χ2v) is 10.0. The molecule has 0 saturated carbocycles. The van der Waals surface area contributed by atoms with Gasteiger partial charge >= 0.3 is 5.97 Å². The Balaban J connectivity index is 1.49. The first-order valence-electron chi connectivity index (χ1n) is 13.0. The van der Waals surface area contributed by atoms with E-state index < -0.39 is 35.6 Å². The molecular formula is C28H34N2O6. The lowest BCUT2D eigenvalue weighted by Crippen LogP contribution is -2.55. The highest BCUT2D eigenvalue weighted by Crippen LogP contribution is 2.53. The van der Waals surface area contributed by atoms with Crippen molar-refractivity contribution in [1.29, 1.82) is 0 Å². The number of aliphatic hydroxyl groups is 1. The quantitative estimate of drug-likeness (QED) is 0.338. The predicted octanol–water partition coefficient (Wildman–Crippen LogP) is 2.22. The number of nitrogens with zero attached hydrogens (tertiary/aromatic N) is 2. The molecule has 4 heterocycles. The highest BCUT2D eigenvalue weighted by atomic mass is 16.6. The number of likely N-dealkylation sites (tertiary alicyclic amines) is 1. The predicted molar refractivity (Wildman–Crippen MR) is 131 cm³/mol. The zero-order chi connectivity index (χ0) is 25.1. The normalized spacial score (nSPS) is 31.4. The maximum absolute atomic E-state index is 14.1. The van der Waals surface area contributed by atoms with Gasteiger partial charge < -0.3 is 24.4 Å². The smallest absolute Gasteiger partial charge is 0.312 e. The van der Waals surface area contributed by atoms with Gasteiger partial charge in [-0.3, -0.25) is 14.4 Å². The number of rotatable bonds is 8. The molecular weight excluding hydrogens is 460 g/mol. The van der Waals surface area contributed by atoms with Crippen LogP contribution in [0, 0.1) is 11.8 Å². The van der Waals surface area contributed by atoms with E-state index in [1.807, 2.05) is 54.6 Å². The number of aliphatic hydroxyl groups excluding tert-OH is 1. The molecule has 0 radical (unpaired) electrons. The first-order valence-corrected chi connectivity index (χ1v) is 13.0. The van der Waals surface area contributed by atoms with Crippen molar-refractivity contribution in [3.05, 3.63) is 60.2 Å². The minimum absolute atomic E-state index is 0.140. The summed E-state index contributed by atoms with van der Waals surface area (Å²) < 4.78 is 12.0. The van der Waals surface area contributed by atoms with Crippen molar-refractivity contribution in [1.82, 2.24) is 9.80 Å². The number of amides is 2. The fourth-order valence-corrected chi connectivity index (χ4v) is 6.09. The third-order valence-corrected chi connectivity index (χ3v) is 7.73. The minimum atomic E-state index is -1.21. The molecule has 2 fully saturated rings. The van der Waals surface area contributed by atoms with Gasteiger partial charge in [0.05, 0.1) is 18.6 Å². The molecule has 2 unspecified atom stereocenters.